The zero-order chi connectivity index (χ0) is 15.9. The van der Waals surface area contributed by atoms with Crippen LogP contribution in [0.15, 0.2) is 42.7 Å². The summed E-state index contributed by atoms with van der Waals surface area (Å²) >= 11 is 0. The Balaban J connectivity index is 2.31. The van der Waals surface area contributed by atoms with E-state index in [0.717, 1.165) is 12.1 Å². The van der Waals surface area contributed by atoms with E-state index in [4.69, 9.17) is 5.73 Å². The molecule has 0 aliphatic rings. The van der Waals surface area contributed by atoms with E-state index in [0.29, 0.717) is 22.3 Å². The summed E-state index contributed by atoms with van der Waals surface area (Å²) in [6.45, 7) is 1.74. The first-order valence-corrected chi connectivity index (χ1v) is 6.64. The minimum absolute atomic E-state index is 0.357. The van der Waals surface area contributed by atoms with E-state index in [2.05, 4.69) is 10.1 Å². The van der Waals surface area contributed by atoms with Crippen molar-refractivity contribution < 1.29 is 13.2 Å². The van der Waals surface area contributed by atoms with Gasteiger partial charge in [0.2, 0.25) is 0 Å². The maximum atomic E-state index is 12.9. The third-order valence-electron chi connectivity index (χ3n) is 3.36. The van der Waals surface area contributed by atoms with Crippen LogP contribution >= 0.6 is 0 Å². The average Bonchev–Trinajstić information content (AvgIpc) is 2.86. The van der Waals surface area contributed by atoms with Crippen LogP contribution in [0.1, 0.15) is 24.2 Å². The van der Waals surface area contributed by atoms with Crippen LogP contribution in [-0.2, 0) is 6.18 Å². The third-order valence-corrected chi connectivity index (χ3v) is 3.36. The molecule has 0 saturated heterocycles. The van der Waals surface area contributed by atoms with Crippen LogP contribution in [0.25, 0.3) is 16.6 Å². The number of rotatable bonds is 2. The molecule has 0 fully saturated rings. The zero-order valence-electron chi connectivity index (χ0n) is 11.7. The highest BCUT2D eigenvalue weighted by atomic mass is 19.4. The molecule has 0 saturated carbocycles. The van der Waals surface area contributed by atoms with Gasteiger partial charge >= 0.3 is 6.18 Å². The van der Waals surface area contributed by atoms with E-state index in [1.807, 2.05) is 0 Å². The monoisotopic (exact) mass is 306 g/mol. The quantitative estimate of drug-likeness (QED) is 0.789. The second-order valence-corrected chi connectivity index (χ2v) is 5.03. The van der Waals surface area contributed by atoms with E-state index in [-0.39, 0.29) is 0 Å². The molecule has 0 aliphatic heterocycles. The van der Waals surface area contributed by atoms with E-state index in [9.17, 15) is 13.2 Å². The van der Waals surface area contributed by atoms with E-state index in [1.54, 1.807) is 25.3 Å². The molecule has 1 atom stereocenters. The fraction of sp³-hybridized carbons (Fsp3) is 0.200. The number of benzene rings is 1. The van der Waals surface area contributed by atoms with Gasteiger partial charge in [0.1, 0.15) is 0 Å². The van der Waals surface area contributed by atoms with Gasteiger partial charge in [-0.2, -0.15) is 18.3 Å². The van der Waals surface area contributed by atoms with Crippen molar-refractivity contribution in [3.8, 4) is 5.69 Å². The Morgan fingerprint density at radius 3 is 2.59 bits per heavy atom. The highest BCUT2D eigenvalue weighted by Crippen LogP contribution is 2.33. The molecule has 0 spiro atoms. The van der Waals surface area contributed by atoms with Gasteiger partial charge in [-0.25, -0.2) is 4.68 Å². The molecule has 3 aromatic rings. The predicted molar refractivity (Wildman–Crippen MR) is 76.5 cm³/mol. The van der Waals surface area contributed by atoms with Crippen molar-refractivity contribution in [2.75, 3.05) is 0 Å². The SMILES string of the molecule is CC(N)c1nn(-c2cccnc2)c2cc(C(F)(F)F)ccc12. The number of halogens is 3. The van der Waals surface area contributed by atoms with Gasteiger partial charge in [-0.15, -0.1) is 0 Å². The molecule has 2 heterocycles. The fourth-order valence-corrected chi connectivity index (χ4v) is 2.33. The number of hydrogen-bond donors (Lipinski definition) is 1. The van der Waals surface area contributed by atoms with Crippen LogP contribution in [0, 0.1) is 0 Å². The summed E-state index contributed by atoms with van der Waals surface area (Å²) in [6, 6.07) is 6.57. The van der Waals surface area contributed by atoms with Gasteiger partial charge in [0.15, 0.2) is 0 Å². The Labute approximate surface area is 124 Å². The lowest BCUT2D eigenvalue weighted by molar-refractivity contribution is -0.137. The molecule has 4 nitrogen and oxygen atoms in total. The smallest absolute Gasteiger partial charge is 0.323 e. The summed E-state index contributed by atoms with van der Waals surface area (Å²) in [5.41, 5.74) is 6.65. The first-order valence-electron chi connectivity index (χ1n) is 6.64. The molecule has 1 aromatic carbocycles. The standard InChI is InChI=1S/C15H13F3N4/c1-9(19)14-12-5-4-10(15(16,17)18)7-13(12)22(21-14)11-3-2-6-20-8-11/h2-9H,19H2,1H3. The second-order valence-electron chi connectivity index (χ2n) is 5.03. The van der Waals surface area contributed by atoms with Gasteiger partial charge in [-0.3, -0.25) is 4.98 Å². The lowest BCUT2D eigenvalue weighted by Gasteiger charge is -2.08. The number of nitrogens with two attached hydrogens (primary N) is 1. The Morgan fingerprint density at radius 1 is 1.23 bits per heavy atom. The van der Waals surface area contributed by atoms with Crippen LogP contribution in [0.2, 0.25) is 0 Å². The highest BCUT2D eigenvalue weighted by molar-refractivity contribution is 5.84. The largest absolute Gasteiger partial charge is 0.416 e. The molecule has 7 heteroatoms. The summed E-state index contributed by atoms with van der Waals surface area (Å²) in [7, 11) is 0. The molecule has 0 aliphatic carbocycles. The molecule has 114 valence electrons. The van der Waals surface area contributed by atoms with Gasteiger partial charge in [-0.1, -0.05) is 6.07 Å². The Bertz CT molecular complexity index is 807. The van der Waals surface area contributed by atoms with Crippen molar-refractivity contribution in [3.63, 3.8) is 0 Å². The number of aromatic nitrogens is 3. The number of pyridine rings is 1. The summed E-state index contributed by atoms with van der Waals surface area (Å²) in [4.78, 5) is 3.98. The van der Waals surface area contributed by atoms with Crippen LogP contribution in [0.3, 0.4) is 0 Å². The molecule has 1 unspecified atom stereocenters. The maximum absolute atomic E-state index is 12.9. The second kappa shape index (κ2) is 5.10. The number of hydrogen-bond acceptors (Lipinski definition) is 3. The molecule has 0 amide bonds. The lowest BCUT2D eigenvalue weighted by atomic mass is 10.1. The zero-order valence-corrected chi connectivity index (χ0v) is 11.7. The Morgan fingerprint density at radius 2 is 2.00 bits per heavy atom. The minimum Gasteiger partial charge on any atom is -0.323 e. The van der Waals surface area contributed by atoms with E-state index >= 15 is 0 Å². The first-order chi connectivity index (χ1) is 10.4. The van der Waals surface area contributed by atoms with Crippen molar-refractivity contribution in [1.29, 1.82) is 0 Å². The summed E-state index contributed by atoms with van der Waals surface area (Å²) < 4.78 is 40.3. The number of nitrogens with zero attached hydrogens (tertiary/aromatic N) is 3. The normalized spacial score (nSPS) is 13.5. The first kappa shape index (κ1) is 14.5. The van der Waals surface area contributed by atoms with Crippen LogP contribution < -0.4 is 5.73 Å². The Hall–Kier alpha value is -2.41. The van der Waals surface area contributed by atoms with Crippen molar-refractivity contribution in [1.82, 2.24) is 14.8 Å². The Kier molecular flexibility index (Phi) is 3.37. The summed E-state index contributed by atoms with van der Waals surface area (Å²) in [6.07, 6.45) is -1.28. The number of fused-ring (bicyclic) bond motifs is 1. The topological polar surface area (TPSA) is 56.7 Å². The van der Waals surface area contributed by atoms with E-state index < -0.39 is 17.8 Å². The molecular weight excluding hydrogens is 293 g/mol. The summed E-state index contributed by atoms with van der Waals surface area (Å²) in [5, 5.41) is 4.97. The van der Waals surface area contributed by atoms with Gasteiger partial charge in [0, 0.05) is 17.6 Å². The van der Waals surface area contributed by atoms with Gasteiger partial charge in [-0.05, 0) is 31.2 Å². The van der Waals surface area contributed by atoms with Crippen LogP contribution in [-0.4, -0.2) is 14.8 Å². The molecule has 2 aromatic heterocycles. The van der Waals surface area contributed by atoms with Crippen molar-refractivity contribution in [2.24, 2.45) is 5.73 Å². The molecule has 2 N–H and O–H groups in total. The summed E-state index contributed by atoms with van der Waals surface area (Å²) in [5.74, 6) is 0. The molecular formula is C15H13F3N4. The molecule has 0 radical (unpaired) electrons. The van der Waals surface area contributed by atoms with Crippen LogP contribution in [0.5, 0.6) is 0 Å². The van der Waals surface area contributed by atoms with Crippen molar-refractivity contribution in [2.45, 2.75) is 19.1 Å². The third kappa shape index (κ3) is 2.43. The van der Waals surface area contributed by atoms with Crippen LogP contribution in [0.4, 0.5) is 13.2 Å². The average molecular weight is 306 g/mol. The fourth-order valence-electron chi connectivity index (χ4n) is 2.33. The van der Waals surface area contributed by atoms with Crippen molar-refractivity contribution >= 4 is 10.9 Å². The van der Waals surface area contributed by atoms with Crippen molar-refractivity contribution in [3.05, 3.63) is 54.0 Å². The minimum atomic E-state index is -4.41. The molecule has 3 rings (SSSR count). The lowest BCUT2D eigenvalue weighted by Crippen LogP contribution is -2.07. The maximum Gasteiger partial charge on any atom is 0.416 e. The molecule has 22 heavy (non-hydrogen) atoms. The molecule has 0 bridgehead atoms. The van der Waals surface area contributed by atoms with Gasteiger partial charge in [0.05, 0.1) is 28.7 Å². The van der Waals surface area contributed by atoms with E-state index in [1.165, 1.54) is 16.9 Å². The highest BCUT2D eigenvalue weighted by Gasteiger charge is 2.31. The van der Waals surface area contributed by atoms with Gasteiger partial charge in [0.25, 0.3) is 0 Å². The van der Waals surface area contributed by atoms with Gasteiger partial charge < -0.3 is 5.73 Å². The number of alkyl halides is 3. The predicted octanol–water partition coefficient (Wildman–Crippen LogP) is 3.46.